The van der Waals surface area contributed by atoms with Gasteiger partial charge in [0.05, 0.1) is 0 Å². The van der Waals surface area contributed by atoms with E-state index in [2.05, 4.69) is 36.8 Å². The van der Waals surface area contributed by atoms with E-state index in [1.54, 1.807) is 6.20 Å². The number of carbonyl (C=O) groups is 1. The van der Waals surface area contributed by atoms with Crippen molar-refractivity contribution in [1.82, 2.24) is 30.7 Å². The highest BCUT2D eigenvalue weighted by Crippen LogP contribution is 2.17. The molecule has 2 aliphatic heterocycles. The molecule has 0 spiro atoms. The van der Waals surface area contributed by atoms with Crippen molar-refractivity contribution in [2.75, 3.05) is 19.6 Å². The first-order chi connectivity index (χ1) is 12.3. The minimum atomic E-state index is -0.0492. The van der Waals surface area contributed by atoms with Crippen molar-refractivity contribution >= 4 is 18.3 Å². The molecule has 2 aliphatic rings. The van der Waals surface area contributed by atoms with Gasteiger partial charge in [-0.3, -0.25) is 19.8 Å². The largest absolute Gasteiger partial charge is 0.348 e. The number of fused-ring (bicyclic) bond motifs is 1. The first-order valence-corrected chi connectivity index (χ1v) is 8.98. The highest BCUT2D eigenvalue weighted by molar-refractivity contribution is 5.94. The third-order valence-electron chi connectivity index (χ3n) is 5.07. The van der Waals surface area contributed by atoms with E-state index in [9.17, 15) is 4.79 Å². The van der Waals surface area contributed by atoms with Gasteiger partial charge in [0.25, 0.3) is 5.91 Å². The molecule has 2 aromatic rings. The summed E-state index contributed by atoms with van der Waals surface area (Å²) in [5, 5.41) is 13.7. The molecule has 0 radical (unpaired) electrons. The Labute approximate surface area is 159 Å². The summed E-state index contributed by atoms with van der Waals surface area (Å²) < 4.78 is 0. The Kier molecular flexibility index (Phi) is 6.24. The fourth-order valence-electron chi connectivity index (χ4n) is 3.65. The summed E-state index contributed by atoms with van der Waals surface area (Å²) in [4.78, 5) is 19.2. The number of pyridine rings is 1. The molecule has 26 heavy (non-hydrogen) atoms. The van der Waals surface area contributed by atoms with Gasteiger partial charge in [-0.15, -0.1) is 12.4 Å². The number of hydrogen-bond acceptors (Lipinski definition) is 5. The lowest BCUT2D eigenvalue weighted by Gasteiger charge is -2.32. The van der Waals surface area contributed by atoms with Gasteiger partial charge < -0.3 is 10.6 Å². The Morgan fingerprint density at radius 3 is 2.96 bits per heavy atom. The molecule has 0 saturated carbocycles. The number of hydrogen-bond donors (Lipinski definition) is 3. The Morgan fingerprint density at radius 1 is 1.35 bits per heavy atom. The molecule has 0 aliphatic carbocycles. The second kappa shape index (κ2) is 8.62. The van der Waals surface area contributed by atoms with E-state index in [0.717, 1.165) is 63.2 Å². The SMILES string of the molecule is Cl.O=C(NC1CCN(Cc2cccnc2)CC1)c1n[nH]c2c1CNCC2. The van der Waals surface area contributed by atoms with Crippen LogP contribution in [0.1, 0.15) is 40.2 Å². The van der Waals surface area contributed by atoms with E-state index in [4.69, 9.17) is 0 Å². The van der Waals surface area contributed by atoms with Gasteiger partial charge in [-0.1, -0.05) is 6.07 Å². The van der Waals surface area contributed by atoms with Gasteiger partial charge in [-0.05, 0) is 24.5 Å². The van der Waals surface area contributed by atoms with E-state index < -0.39 is 0 Å². The number of aromatic amines is 1. The van der Waals surface area contributed by atoms with Gasteiger partial charge in [0.2, 0.25) is 0 Å². The number of aromatic nitrogens is 3. The van der Waals surface area contributed by atoms with E-state index in [1.165, 1.54) is 5.56 Å². The maximum atomic E-state index is 12.6. The van der Waals surface area contributed by atoms with Crippen LogP contribution in [-0.2, 0) is 19.5 Å². The maximum absolute atomic E-state index is 12.6. The Morgan fingerprint density at radius 2 is 2.19 bits per heavy atom. The van der Waals surface area contributed by atoms with Crippen LogP contribution in [0.4, 0.5) is 0 Å². The Bertz CT molecular complexity index is 727. The van der Waals surface area contributed by atoms with Crippen LogP contribution in [0.25, 0.3) is 0 Å². The smallest absolute Gasteiger partial charge is 0.272 e. The molecule has 0 bridgehead atoms. The number of piperidine rings is 1. The second-order valence-electron chi connectivity index (χ2n) is 6.84. The van der Waals surface area contributed by atoms with Crippen molar-refractivity contribution in [2.24, 2.45) is 0 Å². The minimum Gasteiger partial charge on any atom is -0.348 e. The van der Waals surface area contributed by atoms with Gasteiger partial charge in [0.1, 0.15) is 0 Å². The van der Waals surface area contributed by atoms with Crippen molar-refractivity contribution in [1.29, 1.82) is 0 Å². The van der Waals surface area contributed by atoms with Crippen molar-refractivity contribution in [2.45, 2.75) is 38.4 Å². The van der Waals surface area contributed by atoms with Crippen LogP contribution in [0.3, 0.4) is 0 Å². The molecule has 7 nitrogen and oxygen atoms in total. The maximum Gasteiger partial charge on any atom is 0.272 e. The average molecular weight is 377 g/mol. The summed E-state index contributed by atoms with van der Waals surface area (Å²) in [6.07, 6.45) is 6.56. The molecule has 1 saturated heterocycles. The summed E-state index contributed by atoms with van der Waals surface area (Å²) in [7, 11) is 0. The van der Waals surface area contributed by atoms with Crippen LogP contribution in [0.5, 0.6) is 0 Å². The fourth-order valence-corrected chi connectivity index (χ4v) is 3.65. The van der Waals surface area contributed by atoms with Gasteiger partial charge in [-0.25, -0.2) is 0 Å². The summed E-state index contributed by atoms with van der Waals surface area (Å²) in [5.74, 6) is -0.0492. The van der Waals surface area contributed by atoms with Crippen molar-refractivity contribution < 1.29 is 4.79 Å². The number of likely N-dealkylation sites (tertiary alicyclic amines) is 1. The molecule has 0 atom stereocenters. The highest BCUT2D eigenvalue weighted by atomic mass is 35.5. The molecule has 1 fully saturated rings. The van der Waals surface area contributed by atoms with Crippen LogP contribution < -0.4 is 10.6 Å². The summed E-state index contributed by atoms with van der Waals surface area (Å²) in [6, 6.07) is 4.30. The predicted octanol–water partition coefficient (Wildman–Crippen LogP) is 1.27. The number of nitrogens with one attached hydrogen (secondary N) is 3. The average Bonchev–Trinajstić information content (AvgIpc) is 3.08. The van der Waals surface area contributed by atoms with Crippen LogP contribution in [0.15, 0.2) is 24.5 Å². The minimum absolute atomic E-state index is 0. The van der Waals surface area contributed by atoms with Crippen molar-refractivity contribution in [3.8, 4) is 0 Å². The first-order valence-electron chi connectivity index (χ1n) is 8.98. The normalized spacial score (nSPS) is 18.0. The fraction of sp³-hybridized carbons (Fsp3) is 0.500. The molecular weight excluding hydrogens is 352 g/mol. The van der Waals surface area contributed by atoms with E-state index in [-0.39, 0.29) is 24.4 Å². The molecular formula is C18H25ClN6O. The van der Waals surface area contributed by atoms with Crippen molar-refractivity contribution in [3.63, 3.8) is 0 Å². The lowest BCUT2D eigenvalue weighted by atomic mass is 10.0. The van der Waals surface area contributed by atoms with Gasteiger partial charge in [-0.2, -0.15) is 5.10 Å². The van der Waals surface area contributed by atoms with Gasteiger partial charge in [0, 0.05) is 68.8 Å². The molecule has 3 N–H and O–H groups in total. The zero-order valence-electron chi connectivity index (χ0n) is 14.7. The van der Waals surface area contributed by atoms with Crippen LogP contribution >= 0.6 is 12.4 Å². The summed E-state index contributed by atoms with van der Waals surface area (Å²) in [6.45, 7) is 4.55. The van der Waals surface area contributed by atoms with Gasteiger partial charge >= 0.3 is 0 Å². The highest BCUT2D eigenvalue weighted by Gasteiger charge is 2.25. The second-order valence-corrected chi connectivity index (χ2v) is 6.84. The quantitative estimate of drug-likeness (QED) is 0.748. The molecule has 2 aromatic heterocycles. The third-order valence-corrected chi connectivity index (χ3v) is 5.07. The number of H-pyrrole nitrogens is 1. The van der Waals surface area contributed by atoms with Crippen molar-refractivity contribution in [3.05, 3.63) is 47.0 Å². The molecule has 140 valence electrons. The van der Waals surface area contributed by atoms with E-state index >= 15 is 0 Å². The summed E-state index contributed by atoms with van der Waals surface area (Å²) >= 11 is 0. The number of amides is 1. The lowest BCUT2D eigenvalue weighted by molar-refractivity contribution is 0.0902. The monoisotopic (exact) mass is 376 g/mol. The molecule has 4 rings (SSSR count). The van der Waals surface area contributed by atoms with Crippen LogP contribution in [0.2, 0.25) is 0 Å². The van der Waals surface area contributed by atoms with E-state index in [1.807, 2.05) is 12.3 Å². The number of halogens is 1. The molecule has 1 amide bonds. The Hall–Kier alpha value is -1.96. The van der Waals surface area contributed by atoms with E-state index in [0.29, 0.717) is 5.69 Å². The standard InChI is InChI=1S/C18H24N6O.ClH/c25-18(17-15-11-20-7-3-16(15)22-23-17)21-14-4-8-24(9-5-14)12-13-2-1-6-19-10-13;/h1-2,6,10,14,20H,3-5,7-9,11-12H2,(H,21,25)(H,22,23);1H. The third kappa shape index (κ3) is 4.23. The zero-order valence-corrected chi connectivity index (χ0v) is 15.5. The molecule has 4 heterocycles. The van der Waals surface area contributed by atoms with Crippen LogP contribution in [0, 0.1) is 0 Å². The summed E-state index contributed by atoms with van der Waals surface area (Å²) in [5.41, 5.74) is 3.91. The number of nitrogens with zero attached hydrogens (tertiary/aromatic N) is 3. The molecule has 0 unspecified atom stereocenters. The number of rotatable bonds is 4. The topological polar surface area (TPSA) is 85.9 Å². The lowest BCUT2D eigenvalue weighted by Crippen LogP contribution is -2.44. The molecule has 0 aromatic carbocycles. The predicted molar refractivity (Wildman–Crippen MR) is 101 cm³/mol. The van der Waals surface area contributed by atoms with Crippen LogP contribution in [-0.4, -0.2) is 51.7 Å². The first kappa shape index (κ1) is 18.8. The Balaban J connectivity index is 0.00000196. The number of carbonyl (C=O) groups excluding carboxylic acids is 1. The molecule has 8 heteroatoms. The van der Waals surface area contributed by atoms with Gasteiger partial charge in [0.15, 0.2) is 5.69 Å². The zero-order chi connectivity index (χ0) is 17.1.